The first-order chi connectivity index (χ1) is 17.0. The second kappa shape index (κ2) is 11.2. The summed E-state index contributed by atoms with van der Waals surface area (Å²) in [6.45, 7) is 6.92. The molecule has 7 nitrogen and oxygen atoms in total. The Morgan fingerprint density at radius 3 is 2.60 bits per heavy atom. The van der Waals surface area contributed by atoms with Crippen molar-refractivity contribution in [3.8, 4) is 5.69 Å². The van der Waals surface area contributed by atoms with Crippen LogP contribution in [0.2, 0.25) is 0 Å². The predicted molar refractivity (Wildman–Crippen MR) is 132 cm³/mol. The Bertz CT molecular complexity index is 1150. The fourth-order valence-corrected chi connectivity index (χ4v) is 4.44. The first kappa shape index (κ1) is 24.5. The third-order valence-electron chi connectivity index (χ3n) is 6.44. The number of amides is 1. The van der Waals surface area contributed by atoms with Gasteiger partial charge in [-0.15, -0.1) is 11.7 Å². The SMILES string of the molecule is C=CCN(CCC[C@H](NC(=O)c1ccc(-n2ccnn2)cc1)C(C)=O)[C@@H]1C[C@H]1c1ccc(F)cc1. The Balaban J connectivity index is 1.30. The Morgan fingerprint density at radius 1 is 1.23 bits per heavy atom. The van der Waals surface area contributed by atoms with Crippen molar-refractivity contribution in [3.63, 3.8) is 0 Å². The molecule has 35 heavy (non-hydrogen) atoms. The molecule has 2 aromatic carbocycles. The van der Waals surface area contributed by atoms with Crippen LogP contribution in [0.3, 0.4) is 0 Å². The molecule has 1 amide bonds. The van der Waals surface area contributed by atoms with Crippen molar-refractivity contribution in [1.29, 1.82) is 0 Å². The zero-order valence-corrected chi connectivity index (χ0v) is 19.8. The maximum absolute atomic E-state index is 13.2. The third kappa shape index (κ3) is 6.27. The number of Topliss-reactive ketones (excluding diaryl/α,β-unsaturated/α-hetero) is 1. The summed E-state index contributed by atoms with van der Waals surface area (Å²) in [6, 6.07) is 13.5. The number of benzene rings is 2. The number of aromatic nitrogens is 3. The van der Waals surface area contributed by atoms with Crippen molar-refractivity contribution in [2.75, 3.05) is 13.1 Å². The summed E-state index contributed by atoms with van der Waals surface area (Å²) < 4.78 is 14.8. The van der Waals surface area contributed by atoms with E-state index >= 15 is 0 Å². The highest BCUT2D eigenvalue weighted by Crippen LogP contribution is 2.44. The van der Waals surface area contributed by atoms with E-state index in [1.165, 1.54) is 19.1 Å². The van der Waals surface area contributed by atoms with Gasteiger partial charge in [-0.05, 0) is 74.7 Å². The van der Waals surface area contributed by atoms with Crippen LogP contribution in [0, 0.1) is 5.82 Å². The summed E-state index contributed by atoms with van der Waals surface area (Å²) >= 11 is 0. The zero-order valence-electron chi connectivity index (χ0n) is 19.8. The van der Waals surface area contributed by atoms with E-state index in [0.29, 0.717) is 23.9 Å². The minimum atomic E-state index is -0.546. The third-order valence-corrected chi connectivity index (χ3v) is 6.44. The van der Waals surface area contributed by atoms with Crippen LogP contribution in [0.15, 0.2) is 73.6 Å². The molecule has 3 atom stereocenters. The molecule has 0 unspecified atom stereocenters. The predicted octanol–water partition coefficient (Wildman–Crippen LogP) is 3.92. The number of halogens is 1. The molecular weight excluding hydrogens is 445 g/mol. The van der Waals surface area contributed by atoms with Gasteiger partial charge in [-0.2, -0.15) is 0 Å². The lowest BCUT2D eigenvalue weighted by atomic mass is 10.1. The standard InChI is InChI=1S/C27H30FN5O2/c1-3-15-32(26-18-24(26)20-6-10-22(28)11-7-20)16-4-5-25(19(2)34)30-27(35)21-8-12-23(13-9-21)33-17-14-29-31-33/h3,6-14,17,24-26H,1,4-5,15-16,18H2,2H3,(H,30,35)/t24-,25-,26+/m0/s1. The summed E-state index contributed by atoms with van der Waals surface area (Å²) in [5, 5.41) is 10.6. The Labute approximate surface area is 204 Å². The molecule has 0 saturated heterocycles. The van der Waals surface area contributed by atoms with Crippen molar-refractivity contribution >= 4 is 11.7 Å². The minimum absolute atomic E-state index is 0.0662. The van der Waals surface area contributed by atoms with Crippen molar-refractivity contribution in [2.45, 2.75) is 44.2 Å². The van der Waals surface area contributed by atoms with Gasteiger partial charge >= 0.3 is 0 Å². The highest BCUT2D eigenvalue weighted by Gasteiger charge is 2.42. The van der Waals surface area contributed by atoms with E-state index in [0.717, 1.165) is 37.2 Å². The molecule has 1 fully saturated rings. The molecule has 1 aliphatic rings. The van der Waals surface area contributed by atoms with Crippen molar-refractivity contribution in [3.05, 3.63) is 90.5 Å². The normalized spacial score (nSPS) is 17.7. The van der Waals surface area contributed by atoms with E-state index in [1.54, 1.807) is 41.3 Å². The molecule has 0 radical (unpaired) electrons. The Hall–Kier alpha value is -3.65. The van der Waals surface area contributed by atoms with Crippen molar-refractivity contribution in [2.24, 2.45) is 0 Å². The van der Waals surface area contributed by atoms with E-state index in [9.17, 15) is 14.0 Å². The largest absolute Gasteiger partial charge is 0.342 e. The number of rotatable bonds is 12. The fraction of sp³-hybridized carbons (Fsp3) is 0.333. The van der Waals surface area contributed by atoms with Crippen LogP contribution in [-0.4, -0.2) is 56.8 Å². The first-order valence-corrected chi connectivity index (χ1v) is 11.8. The van der Waals surface area contributed by atoms with Crippen LogP contribution in [0.4, 0.5) is 4.39 Å². The molecule has 1 aromatic heterocycles. The van der Waals surface area contributed by atoms with E-state index in [4.69, 9.17) is 0 Å². The summed E-state index contributed by atoms with van der Waals surface area (Å²) in [6.07, 6.45) is 7.53. The van der Waals surface area contributed by atoms with Gasteiger partial charge in [0.05, 0.1) is 24.1 Å². The number of carbonyl (C=O) groups is 2. The zero-order chi connectivity index (χ0) is 24.8. The van der Waals surface area contributed by atoms with E-state index < -0.39 is 6.04 Å². The second-order valence-electron chi connectivity index (χ2n) is 8.92. The monoisotopic (exact) mass is 475 g/mol. The van der Waals surface area contributed by atoms with Gasteiger partial charge in [0.2, 0.25) is 0 Å². The molecule has 1 N–H and O–H groups in total. The topological polar surface area (TPSA) is 80.1 Å². The van der Waals surface area contributed by atoms with Crippen LogP contribution >= 0.6 is 0 Å². The molecule has 1 aliphatic carbocycles. The second-order valence-corrected chi connectivity index (χ2v) is 8.92. The van der Waals surface area contributed by atoms with Crippen LogP contribution in [0.25, 0.3) is 5.69 Å². The van der Waals surface area contributed by atoms with Gasteiger partial charge in [-0.25, -0.2) is 9.07 Å². The Kier molecular flexibility index (Phi) is 7.82. The van der Waals surface area contributed by atoms with E-state index in [-0.39, 0.29) is 17.5 Å². The van der Waals surface area contributed by atoms with Crippen molar-refractivity contribution in [1.82, 2.24) is 25.2 Å². The molecular formula is C27H30FN5O2. The highest BCUT2D eigenvalue weighted by atomic mass is 19.1. The van der Waals surface area contributed by atoms with Gasteiger partial charge in [0.15, 0.2) is 5.78 Å². The lowest BCUT2D eigenvalue weighted by Gasteiger charge is -2.23. The Morgan fingerprint density at radius 2 is 1.97 bits per heavy atom. The molecule has 0 spiro atoms. The van der Waals surface area contributed by atoms with Crippen molar-refractivity contribution < 1.29 is 14.0 Å². The molecule has 3 aromatic rings. The highest BCUT2D eigenvalue weighted by molar-refractivity contribution is 5.97. The average Bonchev–Trinajstić information content (AvgIpc) is 3.45. The number of hydrogen-bond acceptors (Lipinski definition) is 5. The minimum Gasteiger partial charge on any atom is -0.342 e. The molecule has 1 heterocycles. The molecule has 1 saturated carbocycles. The quantitative estimate of drug-likeness (QED) is 0.402. The lowest BCUT2D eigenvalue weighted by molar-refractivity contribution is -0.119. The van der Waals surface area contributed by atoms with Gasteiger partial charge < -0.3 is 5.32 Å². The number of hydrogen-bond donors (Lipinski definition) is 1. The fourth-order valence-electron chi connectivity index (χ4n) is 4.44. The van der Waals surface area contributed by atoms with Crippen LogP contribution in [-0.2, 0) is 4.79 Å². The van der Waals surface area contributed by atoms with Gasteiger partial charge in [0, 0.05) is 24.1 Å². The smallest absolute Gasteiger partial charge is 0.251 e. The summed E-state index contributed by atoms with van der Waals surface area (Å²) in [7, 11) is 0. The van der Waals surface area contributed by atoms with Crippen LogP contribution < -0.4 is 5.32 Å². The molecule has 8 heteroatoms. The number of nitrogens with one attached hydrogen (secondary N) is 1. The van der Waals surface area contributed by atoms with E-state index in [1.807, 2.05) is 18.2 Å². The van der Waals surface area contributed by atoms with Gasteiger partial charge in [0.1, 0.15) is 5.82 Å². The summed E-state index contributed by atoms with van der Waals surface area (Å²) in [5.74, 6) is -0.183. The van der Waals surface area contributed by atoms with Crippen LogP contribution in [0.1, 0.15) is 48.0 Å². The average molecular weight is 476 g/mol. The number of carbonyl (C=O) groups excluding carboxylic acids is 2. The van der Waals surface area contributed by atoms with Gasteiger partial charge in [-0.1, -0.05) is 23.4 Å². The molecule has 182 valence electrons. The number of nitrogens with zero attached hydrogens (tertiary/aromatic N) is 4. The summed E-state index contributed by atoms with van der Waals surface area (Å²) in [5.41, 5.74) is 2.42. The maximum Gasteiger partial charge on any atom is 0.251 e. The number of ketones is 1. The first-order valence-electron chi connectivity index (χ1n) is 11.8. The van der Waals surface area contributed by atoms with Gasteiger partial charge in [-0.3, -0.25) is 14.5 Å². The molecule has 4 rings (SSSR count). The summed E-state index contributed by atoms with van der Waals surface area (Å²) in [4.78, 5) is 27.3. The molecule has 0 bridgehead atoms. The molecule has 0 aliphatic heterocycles. The van der Waals surface area contributed by atoms with Gasteiger partial charge in [0.25, 0.3) is 5.91 Å². The van der Waals surface area contributed by atoms with E-state index in [2.05, 4.69) is 27.1 Å². The van der Waals surface area contributed by atoms with Crippen LogP contribution in [0.5, 0.6) is 0 Å². The maximum atomic E-state index is 13.2. The lowest BCUT2D eigenvalue weighted by Crippen LogP contribution is -2.40.